The van der Waals surface area contributed by atoms with E-state index in [-0.39, 0.29) is 24.1 Å². The molecule has 1 aliphatic rings. The molecule has 0 atom stereocenters. The smallest absolute Gasteiger partial charge is 0.317 e. The molecule has 1 N–H and O–H groups in total. The summed E-state index contributed by atoms with van der Waals surface area (Å²) in [6.45, 7) is 6.23. The second kappa shape index (κ2) is 10.7. The molecular formula is C31H32F4N8. The molecule has 8 nitrogen and oxygen atoms in total. The van der Waals surface area contributed by atoms with Crippen molar-refractivity contribution in [1.82, 2.24) is 39.8 Å². The quantitative estimate of drug-likeness (QED) is 0.206. The van der Waals surface area contributed by atoms with E-state index < -0.39 is 17.6 Å². The first kappa shape index (κ1) is 28.7. The molecule has 43 heavy (non-hydrogen) atoms. The van der Waals surface area contributed by atoms with Crippen molar-refractivity contribution in [2.24, 2.45) is 7.05 Å². The van der Waals surface area contributed by atoms with Gasteiger partial charge in [0.2, 0.25) is 0 Å². The van der Waals surface area contributed by atoms with Crippen LogP contribution in [0.25, 0.3) is 39.6 Å². The van der Waals surface area contributed by atoms with Gasteiger partial charge in [0, 0.05) is 49.5 Å². The molecule has 0 amide bonds. The van der Waals surface area contributed by atoms with Crippen LogP contribution in [0.15, 0.2) is 61.2 Å². The zero-order valence-electron chi connectivity index (χ0n) is 24.1. The van der Waals surface area contributed by atoms with E-state index in [9.17, 15) is 17.6 Å². The van der Waals surface area contributed by atoms with Gasteiger partial charge < -0.3 is 9.88 Å². The molecule has 0 aliphatic heterocycles. The third kappa shape index (κ3) is 6.19. The van der Waals surface area contributed by atoms with E-state index in [1.807, 2.05) is 26.8 Å². The van der Waals surface area contributed by atoms with Crippen LogP contribution in [0, 0.1) is 5.82 Å². The van der Waals surface area contributed by atoms with Crippen molar-refractivity contribution in [2.45, 2.75) is 57.8 Å². The number of alkyl halides is 3. The van der Waals surface area contributed by atoms with Crippen molar-refractivity contribution in [1.29, 1.82) is 0 Å². The predicted molar refractivity (Wildman–Crippen MR) is 156 cm³/mol. The summed E-state index contributed by atoms with van der Waals surface area (Å²) in [7, 11) is 1.78. The Kier molecular flexibility index (Phi) is 7.11. The van der Waals surface area contributed by atoms with Gasteiger partial charge in [0.25, 0.3) is 0 Å². The van der Waals surface area contributed by atoms with Gasteiger partial charge in [-0.15, -0.1) is 10.2 Å². The number of nitrogens with one attached hydrogen (secondary N) is 1. The van der Waals surface area contributed by atoms with E-state index in [1.54, 1.807) is 30.1 Å². The molecule has 0 unspecified atom stereocenters. The fourth-order valence-corrected chi connectivity index (χ4v) is 4.85. The Morgan fingerprint density at radius 1 is 0.977 bits per heavy atom. The lowest BCUT2D eigenvalue weighted by Gasteiger charge is -2.21. The number of nitrogens with zero attached hydrogens (tertiary/aromatic N) is 7. The summed E-state index contributed by atoms with van der Waals surface area (Å²) in [5.74, 6) is 0.771. The van der Waals surface area contributed by atoms with Crippen LogP contribution >= 0.6 is 0 Å². The van der Waals surface area contributed by atoms with Gasteiger partial charge in [-0.25, -0.2) is 14.1 Å². The number of hydrogen-bond acceptors (Lipinski definition) is 6. The van der Waals surface area contributed by atoms with Crippen molar-refractivity contribution in [3.8, 4) is 39.6 Å². The van der Waals surface area contributed by atoms with Gasteiger partial charge >= 0.3 is 6.18 Å². The first-order valence-electron chi connectivity index (χ1n) is 13.9. The number of halogens is 4. The molecule has 1 fully saturated rings. The maximum Gasteiger partial charge on any atom is 0.418 e. The van der Waals surface area contributed by atoms with Gasteiger partial charge in [0.15, 0.2) is 11.6 Å². The molecule has 0 radical (unpaired) electrons. The maximum atomic E-state index is 14.4. The van der Waals surface area contributed by atoms with E-state index in [2.05, 4.69) is 25.6 Å². The summed E-state index contributed by atoms with van der Waals surface area (Å²) in [5.41, 5.74) is 2.28. The molecule has 1 aliphatic carbocycles. The molecular weight excluding hydrogens is 560 g/mol. The topological polar surface area (TPSA) is 86.3 Å². The number of hydrogen-bond donors (Lipinski definition) is 1. The van der Waals surface area contributed by atoms with Crippen LogP contribution < -0.4 is 5.32 Å². The fourth-order valence-electron chi connectivity index (χ4n) is 4.85. The van der Waals surface area contributed by atoms with Crippen LogP contribution in [0.3, 0.4) is 0 Å². The van der Waals surface area contributed by atoms with Gasteiger partial charge in [-0.3, -0.25) is 4.98 Å². The Balaban J connectivity index is 0.00000384. The Bertz CT molecular complexity index is 1800. The van der Waals surface area contributed by atoms with Gasteiger partial charge in [-0.2, -0.15) is 18.3 Å². The van der Waals surface area contributed by atoms with Crippen LogP contribution in [0.5, 0.6) is 0 Å². The highest BCUT2D eigenvalue weighted by Crippen LogP contribution is 2.42. The van der Waals surface area contributed by atoms with Crippen LogP contribution in [0.1, 0.15) is 57.9 Å². The molecule has 4 heterocycles. The van der Waals surface area contributed by atoms with Crippen molar-refractivity contribution in [3.05, 3.63) is 84.0 Å². The summed E-state index contributed by atoms with van der Waals surface area (Å²) in [6, 6.07) is 10.7. The molecule has 1 aromatic carbocycles. The van der Waals surface area contributed by atoms with Crippen molar-refractivity contribution < 1.29 is 19.0 Å². The minimum Gasteiger partial charge on any atom is -0.317 e. The number of aryl methyl sites for hydroxylation is 1. The first-order chi connectivity index (χ1) is 20.4. The van der Waals surface area contributed by atoms with Crippen LogP contribution in [-0.2, 0) is 19.8 Å². The van der Waals surface area contributed by atoms with Crippen LogP contribution in [-0.4, -0.2) is 40.1 Å². The standard InChI is InChI=1S/C31H30F4N8.H2/c1-30(2,3)36-15-22-8-10-25(31(33,34)35)28(39-22)20-14-38-43(16-20)27-12-19(11-26(40-27)18-5-6-18)23-9-7-21(32)13-24(23)29-41-37-17-42(29)4;/h7-14,16-18,36H,5-6,15H2,1-4H3;1H. The lowest BCUT2D eigenvalue weighted by Crippen LogP contribution is -2.35. The number of pyridine rings is 2. The molecule has 12 heteroatoms. The highest BCUT2D eigenvalue weighted by atomic mass is 19.4. The summed E-state index contributed by atoms with van der Waals surface area (Å²) in [6.07, 6.45) is 1.78. The van der Waals surface area contributed by atoms with Gasteiger partial charge in [0.05, 0.1) is 23.1 Å². The molecule has 4 aromatic heterocycles. The number of benzene rings is 1. The van der Waals surface area contributed by atoms with Gasteiger partial charge in [0.1, 0.15) is 12.1 Å². The maximum absolute atomic E-state index is 14.4. The average molecular weight is 593 g/mol. The van der Waals surface area contributed by atoms with Gasteiger partial charge in [-0.05, 0) is 81.1 Å². The van der Waals surface area contributed by atoms with Gasteiger partial charge in [-0.1, -0.05) is 6.07 Å². The minimum absolute atomic E-state index is 0. The van der Waals surface area contributed by atoms with E-state index in [0.717, 1.165) is 35.7 Å². The third-order valence-electron chi connectivity index (χ3n) is 7.22. The van der Waals surface area contributed by atoms with Crippen molar-refractivity contribution in [2.75, 3.05) is 0 Å². The zero-order chi connectivity index (χ0) is 30.5. The monoisotopic (exact) mass is 592 g/mol. The molecule has 1 saturated carbocycles. The van der Waals surface area contributed by atoms with Crippen molar-refractivity contribution in [3.63, 3.8) is 0 Å². The lowest BCUT2D eigenvalue weighted by molar-refractivity contribution is -0.137. The first-order valence-corrected chi connectivity index (χ1v) is 13.9. The van der Waals surface area contributed by atoms with E-state index in [1.165, 1.54) is 35.3 Å². The summed E-state index contributed by atoms with van der Waals surface area (Å²) >= 11 is 0. The minimum atomic E-state index is -4.60. The highest BCUT2D eigenvalue weighted by molar-refractivity contribution is 5.81. The fraction of sp³-hybridized carbons (Fsp3) is 0.323. The zero-order valence-corrected chi connectivity index (χ0v) is 24.1. The van der Waals surface area contributed by atoms with Crippen LogP contribution in [0.2, 0.25) is 0 Å². The Morgan fingerprint density at radius 3 is 2.44 bits per heavy atom. The molecule has 6 rings (SSSR count). The number of rotatable bonds is 7. The van der Waals surface area contributed by atoms with Crippen molar-refractivity contribution >= 4 is 0 Å². The molecule has 5 aromatic rings. The Morgan fingerprint density at radius 2 is 1.77 bits per heavy atom. The average Bonchev–Trinajstić information content (AvgIpc) is 3.53. The summed E-state index contributed by atoms with van der Waals surface area (Å²) in [4.78, 5) is 9.20. The summed E-state index contributed by atoms with van der Waals surface area (Å²) < 4.78 is 59.7. The third-order valence-corrected chi connectivity index (χ3v) is 7.22. The molecule has 224 valence electrons. The highest BCUT2D eigenvalue weighted by Gasteiger charge is 2.35. The molecule has 0 saturated heterocycles. The van der Waals surface area contributed by atoms with E-state index in [4.69, 9.17) is 4.98 Å². The second-order valence-corrected chi connectivity index (χ2v) is 11.8. The molecule has 0 bridgehead atoms. The predicted octanol–water partition coefficient (Wildman–Crippen LogP) is 6.96. The summed E-state index contributed by atoms with van der Waals surface area (Å²) in [5, 5.41) is 15.8. The Hall–Kier alpha value is -4.45. The Labute approximate surface area is 247 Å². The second-order valence-electron chi connectivity index (χ2n) is 11.8. The van der Waals surface area contributed by atoms with E-state index >= 15 is 0 Å². The van der Waals surface area contributed by atoms with E-state index in [0.29, 0.717) is 29.4 Å². The lowest BCUT2D eigenvalue weighted by atomic mass is 9.98. The molecule has 0 spiro atoms. The SMILES string of the molecule is Cn1cnnc1-c1cc(F)ccc1-c1cc(C2CC2)nc(-n2cc(-c3nc(CNC(C)(C)C)ccc3C(F)(F)F)cn2)c1.[HH]. The number of aromatic nitrogens is 7. The largest absolute Gasteiger partial charge is 0.418 e. The normalized spacial score (nSPS) is 14.0. The van der Waals surface area contributed by atoms with Crippen LogP contribution in [0.4, 0.5) is 17.6 Å².